The number of carbonyl (C=O) groups excluding carboxylic acids is 2. The molecule has 0 saturated carbocycles. The van der Waals surface area contributed by atoms with E-state index in [1.807, 2.05) is 60.7 Å². The van der Waals surface area contributed by atoms with Gasteiger partial charge in [-0.25, -0.2) is 0 Å². The molecule has 0 spiro atoms. The van der Waals surface area contributed by atoms with Gasteiger partial charge < -0.3 is 0 Å². The van der Waals surface area contributed by atoms with E-state index in [1.165, 1.54) is 0 Å². The Balaban J connectivity index is 1.65. The molecule has 0 aliphatic heterocycles. The van der Waals surface area contributed by atoms with E-state index in [4.69, 9.17) is 20.1 Å². The molecule has 0 aromatic heterocycles. The van der Waals surface area contributed by atoms with Crippen LogP contribution >= 0.6 is 8.02 Å². The zero-order chi connectivity index (χ0) is 19.5. The fourth-order valence-corrected chi connectivity index (χ4v) is 3.60. The summed E-state index contributed by atoms with van der Waals surface area (Å²) >= 11 is 0. The summed E-state index contributed by atoms with van der Waals surface area (Å²) in [6.45, 7) is 0. The molecule has 0 amide bonds. The molecule has 0 fully saturated rings. The normalized spacial score (nSPS) is 11.6. The molecular weight excluding hydrogens is 363 g/mol. The van der Waals surface area contributed by atoms with Crippen LogP contribution < -0.4 is 11.0 Å². The summed E-state index contributed by atoms with van der Waals surface area (Å²) in [5.41, 5.74) is 13.7. The number of rotatable bonds is 10. The van der Waals surface area contributed by atoms with Crippen LogP contribution in [0.5, 0.6) is 0 Å². The van der Waals surface area contributed by atoms with Crippen LogP contribution in [-0.4, -0.2) is 11.9 Å². The van der Waals surface area contributed by atoms with E-state index in [0.717, 1.165) is 24.0 Å². The van der Waals surface area contributed by atoms with Crippen molar-refractivity contribution in [3.8, 4) is 0 Å². The van der Waals surface area contributed by atoms with Crippen LogP contribution in [0.2, 0.25) is 0 Å². The van der Waals surface area contributed by atoms with E-state index in [0.29, 0.717) is 12.8 Å². The molecule has 0 aliphatic carbocycles. The van der Waals surface area contributed by atoms with E-state index in [9.17, 15) is 9.59 Å². The van der Waals surface area contributed by atoms with Crippen molar-refractivity contribution in [2.24, 2.45) is 11.0 Å². The van der Waals surface area contributed by atoms with Gasteiger partial charge in [0, 0.05) is 0 Å². The van der Waals surface area contributed by atoms with Gasteiger partial charge in [-0.05, 0) is 0 Å². The van der Waals surface area contributed by atoms with Crippen LogP contribution in [0.1, 0.15) is 36.8 Å². The number of aryl methyl sites for hydroxylation is 2. The third-order valence-electron chi connectivity index (χ3n) is 3.93. The molecule has 4 N–H and O–H groups in total. The van der Waals surface area contributed by atoms with Gasteiger partial charge in [0.05, 0.1) is 0 Å². The predicted molar refractivity (Wildman–Crippen MR) is 108 cm³/mol. The number of hydrogen-bond donors (Lipinski definition) is 2. The second-order valence-electron chi connectivity index (χ2n) is 6.35. The zero-order valence-electron chi connectivity index (χ0n) is 15.3. The van der Waals surface area contributed by atoms with E-state index in [2.05, 4.69) is 0 Å². The molecule has 6 nitrogen and oxygen atoms in total. The Bertz CT molecular complexity index is 662. The molecule has 0 unspecified atom stereocenters. The minimum atomic E-state index is -3.79. The van der Waals surface area contributed by atoms with Crippen molar-refractivity contribution in [2.45, 2.75) is 38.5 Å². The van der Waals surface area contributed by atoms with Crippen molar-refractivity contribution in [1.82, 2.24) is 0 Å². The van der Waals surface area contributed by atoms with Gasteiger partial charge in [-0.15, -0.1) is 0 Å². The van der Waals surface area contributed by atoms with Gasteiger partial charge in [-0.2, -0.15) is 0 Å². The Kier molecular flexibility index (Phi) is 8.40. The number of hydrogen-bond acceptors (Lipinski definition) is 6. The van der Waals surface area contributed by atoms with Crippen molar-refractivity contribution in [2.75, 3.05) is 0 Å². The van der Waals surface area contributed by atoms with Gasteiger partial charge in [0.15, 0.2) is 0 Å². The molecule has 146 valence electrons. The van der Waals surface area contributed by atoms with Crippen LogP contribution in [-0.2, 0) is 31.5 Å². The molecular formula is C20H27N2O4P. The van der Waals surface area contributed by atoms with Crippen LogP contribution in [0, 0.1) is 0 Å². The molecule has 7 heteroatoms. The first-order valence-corrected chi connectivity index (χ1v) is 11.0. The second kappa shape index (κ2) is 10.8. The van der Waals surface area contributed by atoms with E-state index >= 15 is 0 Å². The Labute approximate surface area is 160 Å². The molecule has 0 atom stereocenters. The summed E-state index contributed by atoms with van der Waals surface area (Å²) in [5, 5.41) is 0. The first-order chi connectivity index (χ1) is 12.9. The molecule has 0 heterocycles. The molecule has 0 saturated heterocycles. The first-order valence-electron chi connectivity index (χ1n) is 9.04. The number of carbonyl (C=O) groups is 2. The van der Waals surface area contributed by atoms with Gasteiger partial charge in [0.25, 0.3) is 0 Å². The Morgan fingerprint density at radius 2 is 1.07 bits per heavy atom. The van der Waals surface area contributed by atoms with E-state index in [-0.39, 0.29) is 12.8 Å². The second-order valence-corrected chi connectivity index (χ2v) is 8.20. The van der Waals surface area contributed by atoms with Crippen molar-refractivity contribution in [3.05, 3.63) is 71.8 Å². The number of benzene rings is 2. The molecule has 2 aromatic carbocycles. The average Bonchev–Trinajstić information content (AvgIpc) is 2.62. The van der Waals surface area contributed by atoms with E-state index < -0.39 is 20.0 Å². The summed E-state index contributed by atoms with van der Waals surface area (Å²) in [7, 11) is -3.79. The van der Waals surface area contributed by atoms with Crippen molar-refractivity contribution in [1.29, 1.82) is 0 Å². The fourth-order valence-electron chi connectivity index (χ4n) is 2.64. The maximum absolute atomic E-state index is 11.9. The maximum atomic E-state index is 11.9. The molecule has 27 heavy (non-hydrogen) atoms. The standard InChI is InChI=1S/C20H27N2O4P/c21-27(22,25-19(23)15-7-13-17-9-3-1-4-10-17)26-20(24)16-8-14-18-11-5-2-6-12-18/h1-6,9-12,27H,7-8,13-16,21-22H2. The van der Waals surface area contributed by atoms with Crippen molar-refractivity contribution < 1.29 is 18.6 Å². The van der Waals surface area contributed by atoms with Crippen LogP contribution in [0.3, 0.4) is 0 Å². The fraction of sp³-hybridized carbons (Fsp3) is 0.300. The number of nitrogens with two attached hydrogens (primary N) is 2. The molecule has 0 aliphatic rings. The minimum absolute atomic E-state index is 0.170. The summed E-state index contributed by atoms with van der Waals surface area (Å²) in [5.74, 6) is -1.08. The van der Waals surface area contributed by atoms with Gasteiger partial charge in [0.2, 0.25) is 0 Å². The Morgan fingerprint density at radius 1 is 0.704 bits per heavy atom. The van der Waals surface area contributed by atoms with Gasteiger partial charge >= 0.3 is 160 Å². The zero-order valence-corrected chi connectivity index (χ0v) is 16.3. The Hall–Kier alpha value is -2.27. The first kappa shape index (κ1) is 21.0. The SMILES string of the molecule is N[PH](N)(OC(=O)CCCc1ccccc1)OC(=O)CCCc1ccccc1. The van der Waals surface area contributed by atoms with Crippen LogP contribution in [0.25, 0.3) is 0 Å². The third kappa shape index (κ3) is 8.78. The van der Waals surface area contributed by atoms with Crippen molar-refractivity contribution in [3.63, 3.8) is 0 Å². The third-order valence-corrected chi connectivity index (χ3v) is 5.02. The van der Waals surface area contributed by atoms with Gasteiger partial charge in [0.1, 0.15) is 0 Å². The molecule has 0 bridgehead atoms. The topological polar surface area (TPSA) is 105 Å². The predicted octanol–water partition coefficient (Wildman–Crippen LogP) is 3.45. The molecule has 2 rings (SSSR count). The van der Waals surface area contributed by atoms with Crippen LogP contribution in [0.15, 0.2) is 60.7 Å². The summed E-state index contributed by atoms with van der Waals surface area (Å²) in [6, 6.07) is 19.6. The van der Waals surface area contributed by atoms with Crippen molar-refractivity contribution >= 4 is 20.0 Å². The Morgan fingerprint density at radius 3 is 1.44 bits per heavy atom. The van der Waals surface area contributed by atoms with Crippen LogP contribution in [0.4, 0.5) is 0 Å². The van der Waals surface area contributed by atoms with Gasteiger partial charge in [-0.1, -0.05) is 0 Å². The van der Waals surface area contributed by atoms with E-state index in [1.54, 1.807) is 0 Å². The monoisotopic (exact) mass is 390 g/mol. The quantitative estimate of drug-likeness (QED) is 0.602. The molecule has 0 radical (unpaired) electrons. The summed E-state index contributed by atoms with van der Waals surface area (Å²) in [4.78, 5) is 23.8. The summed E-state index contributed by atoms with van der Waals surface area (Å²) in [6.07, 6.45) is 3.06. The van der Waals surface area contributed by atoms with Gasteiger partial charge in [-0.3, -0.25) is 0 Å². The summed E-state index contributed by atoms with van der Waals surface area (Å²) < 4.78 is 10.0. The average molecular weight is 390 g/mol. The molecule has 2 aromatic rings.